The van der Waals surface area contributed by atoms with E-state index >= 15 is 0 Å². The summed E-state index contributed by atoms with van der Waals surface area (Å²) in [4.78, 5) is 11.3. The summed E-state index contributed by atoms with van der Waals surface area (Å²) in [5.74, 6) is 0.559. The first-order valence-electron chi connectivity index (χ1n) is 6.39. The fraction of sp³-hybridized carbons (Fsp3) is 0.333. The van der Waals surface area contributed by atoms with Gasteiger partial charge in [0, 0.05) is 18.1 Å². The summed E-state index contributed by atoms with van der Waals surface area (Å²) >= 11 is 0. The monoisotopic (exact) mass is 259 g/mol. The van der Waals surface area contributed by atoms with Crippen LogP contribution < -0.4 is 0 Å². The highest BCUT2D eigenvalue weighted by Gasteiger charge is 2.08. The maximum atomic E-state index is 11.3. The number of aromatic nitrogens is 1. The third kappa shape index (κ3) is 3.22. The number of esters is 1. The maximum absolute atomic E-state index is 11.3. The SMILES string of the molecule is CCCCc1cc(-c2ccc(C(=O)OC)cc2)no1. The first-order chi connectivity index (χ1) is 9.24. The van der Waals surface area contributed by atoms with Crippen molar-refractivity contribution < 1.29 is 14.1 Å². The van der Waals surface area contributed by atoms with E-state index in [9.17, 15) is 4.79 Å². The summed E-state index contributed by atoms with van der Waals surface area (Å²) in [5, 5.41) is 4.04. The summed E-state index contributed by atoms with van der Waals surface area (Å²) in [6.45, 7) is 2.14. The van der Waals surface area contributed by atoms with Crippen molar-refractivity contribution in [1.82, 2.24) is 5.16 Å². The molecule has 1 heterocycles. The average molecular weight is 259 g/mol. The van der Waals surface area contributed by atoms with Gasteiger partial charge in [-0.25, -0.2) is 4.79 Å². The van der Waals surface area contributed by atoms with Crippen LogP contribution in [-0.4, -0.2) is 18.2 Å². The van der Waals surface area contributed by atoms with E-state index in [-0.39, 0.29) is 5.97 Å². The number of carbonyl (C=O) groups excluding carboxylic acids is 1. The summed E-state index contributed by atoms with van der Waals surface area (Å²) in [7, 11) is 1.37. The fourth-order valence-corrected chi connectivity index (χ4v) is 1.81. The summed E-state index contributed by atoms with van der Waals surface area (Å²) < 4.78 is 9.94. The molecule has 1 aromatic heterocycles. The molecule has 0 saturated heterocycles. The number of nitrogens with zero attached hydrogens (tertiary/aromatic N) is 1. The van der Waals surface area contributed by atoms with Crippen LogP contribution in [0.3, 0.4) is 0 Å². The van der Waals surface area contributed by atoms with E-state index in [2.05, 4.69) is 16.8 Å². The summed E-state index contributed by atoms with van der Waals surface area (Å²) in [6, 6.07) is 9.08. The molecule has 0 spiro atoms. The molecule has 1 aromatic carbocycles. The van der Waals surface area contributed by atoms with Gasteiger partial charge in [-0.2, -0.15) is 0 Å². The van der Waals surface area contributed by atoms with E-state index in [1.807, 2.05) is 18.2 Å². The largest absolute Gasteiger partial charge is 0.465 e. The Bertz CT molecular complexity index is 543. The minimum absolute atomic E-state index is 0.338. The molecule has 0 aliphatic heterocycles. The van der Waals surface area contributed by atoms with Crippen molar-refractivity contribution in [2.75, 3.05) is 7.11 Å². The quantitative estimate of drug-likeness (QED) is 0.771. The van der Waals surface area contributed by atoms with Crippen LogP contribution >= 0.6 is 0 Å². The molecule has 0 radical (unpaired) electrons. The number of rotatable bonds is 5. The lowest BCUT2D eigenvalue weighted by Gasteiger charge is -1.99. The van der Waals surface area contributed by atoms with Gasteiger partial charge in [-0.3, -0.25) is 0 Å². The third-order valence-electron chi connectivity index (χ3n) is 2.94. The third-order valence-corrected chi connectivity index (χ3v) is 2.94. The molecule has 0 amide bonds. The number of aryl methyl sites for hydroxylation is 1. The standard InChI is InChI=1S/C15H17NO3/c1-3-4-5-13-10-14(16-19-13)11-6-8-12(9-7-11)15(17)18-2/h6-10H,3-5H2,1-2H3. The Morgan fingerprint density at radius 2 is 2.05 bits per heavy atom. The van der Waals surface area contributed by atoms with Gasteiger partial charge in [0.25, 0.3) is 0 Å². The number of hydrogen-bond acceptors (Lipinski definition) is 4. The van der Waals surface area contributed by atoms with Gasteiger partial charge in [0.2, 0.25) is 0 Å². The van der Waals surface area contributed by atoms with Crippen molar-refractivity contribution >= 4 is 5.97 Å². The number of hydrogen-bond donors (Lipinski definition) is 0. The number of carbonyl (C=O) groups is 1. The van der Waals surface area contributed by atoms with Gasteiger partial charge in [-0.1, -0.05) is 30.6 Å². The van der Waals surface area contributed by atoms with Crippen LogP contribution in [0.4, 0.5) is 0 Å². The first kappa shape index (κ1) is 13.3. The lowest BCUT2D eigenvalue weighted by Crippen LogP contribution is -2.00. The highest BCUT2D eigenvalue weighted by Crippen LogP contribution is 2.20. The van der Waals surface area contributed by atoms with Crippen LogP contribution in [0.15, 0.2) is 34.9 Å². The smallest absolute Gasteiger partial charge is 0.337 e. The second-order valence-corrected chi connectivity index (χ2v) is 4.35. The highest BCUT2D eigenvalue weighted by atomic mass is 16.5. The predicted molar refractivity (Wildman–Crippen MR) is 71.9 cm³/mol. The molecule has 0 atom stereocenters. The molecular formula is C15H17NO3. The molecule has 0 unspecified atom stereocenters. The molecule has 0 fully saturated rings. The van der Waals surface area contributed by atoms with Crippen molar-refractivity contribution in [3.63, 3.8) is 0 Å². The minimum Gasteiger partial charge on any atom is -0.465 e. The van der Waals surface area contributed by atoms with Crippen molar-refractivity contribution in [1.29, 1.82) is 0 Å². The molecule has 2 rings (SSSR count). The second-order valence-electron chi connectivity index (χ2n) is 4.35. The lowest BCUT2D eigenvalue weighted by molar-refractivity contribution is 0.0601. The Hall–Kier alpha value is -2.10. The molecule has 2 aromatic rings. The number of methoxy groups -OCH3 is 1. The van der Waals surface area contributed by atoms with E-state index < -0.39 is 0 Å². The molecule has 4 nitrogen and oxygen atoms in total. The topological polar surface area (TPSA) is 52.3 Å². The zero-order valence-corrected chi connectivity index (χ0v) is 11.2. The van der Waals surface area contributed by atoms with E-state index in [1.54, 1.807) is 12.1 Å². The summed E-state index contributed by atoms with van der Waals surface area (Å²) in [6.07, 6.45) is 3.13. The van der Waals surface area contributed by atoms with Gasteiger partial charge < -0.3 is 9.26 Å². The molecule has 4 heteroatoms. The Kier molecular flexibility index (Phi) is 4.34. The molecule has 0 aliphatic carbocycles. The normalized spacial score (nSPS) is 10.4. The maximum Gasteiger partial charge on any atom is 0.337 e. The van der Waals surface area contributed by atoms with Crippen LogP contribution in [0.5, 0.6) is 0 Å². The van der Waals surface area contributed by atoms with Gasteiger partial charge in [-0.05, 0) is 18.6 Å². The molecule has 0 aliphatic rings. The van der Waals surface area contributed by atoms with E-state index in [0.29, 0.717) is 5.56 Å². The van der Waals surface area contributed by atoms with Crippen LogP contribution in [0.25, 0.3) is 11.3 Å². The Morgan fingerprint density at radius 3 is 2.68 bits per heavy atom. The Morgan fingerprint density at radius 1 is 1.32 bits per heavy atom. The van der Waals surface area contributed by atoms with E-state index in [4.69, 9.17) is 4.52 Å². The van der Waals surface area contributed by atoms with E-state index in [0.717, 1.165) is 36.3 Å². The first-order valence-corrected chi connectivity index (χ1v) is 6.39. The Labute approximate surface area is 112 Å². The number of unbranched alkanes of at least 4 members (excludes halogenated alkanes) is 1. The van der Waals surface area contributed by atoms with Gasteiger partial charge in [-0.15, -0.1) is 0 Å². The summed E-state index contributed by atoms with van der Waals surface area (Å²) in [5.41, 5.74) is 2.25. The highest BCUT2D eigenvalue weighted by molar-refractivity contribution is 5.89. The van der Waals surface area contributed by atoms with Gasteiger partial charge in [0.1, 0.15) is 11.5 Å². The predicted octanol–water partition coefficient (Wildman–Crippen LogP) is 3.47. The minimum atomic E-state index is -0.338. The number of benzene rings is 1. The molecule has 0 bridgehead atoms. The molecule has 0 N–H and O–H groups in total. The molecule has 100 valence electrons. The zero-order chi connectivity index (χ0) is 13.7. The molecule has 0 saturated carbocycles. The van der Waals surface area contributed by atoms with Gasteiger partial charge >= 0.3 is 5.97 Å². The lowest BCUT2D eigenvalue weighted by atomic mass is 10.1. The van der Waals surface area contributed by atoms with Crippen LogP contribution in [0, 0.1) is 0 Å². The van der Waals surface area contributed by atoms with Crippen LogP contribution in [0.1, 0.15) is 35.9 Å². The van der Waals surface area contributed by atoms with Crippen molar-refractivity contribution in [2.45, 2.75) is 26.2 Å². The van der Waals surface area contributed by atoms with Crippen LogP contribution in [0.2, 0.25) is 0 Å². The Balaban J connectivity index is 2.13. The fourth-order valence-electron chi connectivity index (χ4n) is 1.81. The van der Waals surface area contributed by atoms with Gasteiger partial charge in [0.05, 0.1) is 12.7 Å². The van der Waals surface area contributed by atoms with Gasteiger partial charge in [0.15, 0.2) is 0 Å². The van der Waals surface area contributed by atoms with Crippen LogP contribution in [-0.2, 0) is 11.2 Å². The second kappa shape index (κ2) is 6.18. The van der Waals surface area contributed by atoms with Crippen molar-refractivity contribution in [2.24, 2.45) is 0 Å². The number of ether oxygens (including phenoxy) is 1. The van der Waals surface area contributed by atoms with Crippen molar-refractivity contribution in [3.8, 4) is 11.3 Å². The average Bonchev–Trinajstić information content (AvgIpc) is 2.93. The van der Waals surface area contributed by atoms with Crippen molar-refractivity contribution in [3.05, 3.63) is 41.7 Å². The van der Waals surface area contributed by atoms with E-state index in [1.165, 1.54) is 7.11 Å². The zero-order valence-electron chi connectivity index (χ0n) is 11.2. The molecule has 19 heavy (non-hydrogen) atoms. The molecular weight excluding hydrogens is 242 g/mol.